The van der Waals surface area contributed by atoms with Gasteiger partial charge in [0.1, 0.15) is 6.61 Å². The molecule has 13 heteroatoms. The molecular formula is C33H61Na2O9PS. The third-order valence-corrected chi connectivity index (χ3v) is 8.83. The normalized spacial score (nSPS) is 11.7. The van der Waals surface area contributed by atoms with Gasteiger partial charge in [-0.15, -0.1) is 0 Å². The molecule has 0 saturated heterocycles. The van der Waals surface area contributed by atoms with Gasteiger partial charge in [0.2, 0.25) is 0 Å². The van der Waals surface area contributed by atoms with Crippen molar-refractivity contribution in [1.29, 1.82) is 0 Å². The SMILES string of the molecule is CCCCCCCCCCCCCCCC(=O)O[C@@H](COC(=O)CCCCCCCCCCCSC(C)=O)COP(=O)([O-])[O-].[Na+].[Na+]. The number of phosphoric acid groups is 1. The van der Waals surface area contributed by atoms with E-state index in [-0.39, 0.29) is 83.7 Å². The second kappa shape index (κ2) is 37.3. The van der Waals surface area contributed by atoms with Crippen LogP contribution in [-0.4, -0.2) is 42.1 Å². The Kier molecular flexibility index (Phi) is 41.7. The van der Waals surface area contributed by atoms with Gasteiger partial charge >= 0.3 is 71.1 Å². The van der Waals surface area contributed by atoms with Crippen LogP contribution in [0.2, 0.25) is 0 Å². The zero-order valence-corrected chi connectivity index (χ0v) is 35.4. The first-order valence-corrected chi connectivity index (χ1v) is 19.7. The second-order valence-electron chi connectivity index (χ2n) is 11.8. The molecule has 0 fully saturated rings. The molecule has 0 amide bonds. The van der Waals surface area contributed by atoms with Crippen LogP contribution in [0.25, 0.3) is 0 Å². The van der Waals surface area contributed by atoms with Crippen LogP contribution in [0.15, 0.2) is 0 Å². The second-order valence-corrected chi connectivity index (χ2v) is 14.2. The summed E-state index contributed by atoms with van der Waals surface area (Å²) in [5, 5.41) is 0.177. The van der Waals surface area contributed by atoms with Crippen molar-refractivity contribution in [3.05, 3.63) is 0 Å². The van der Waals surface area contributed by atoms with E-state index in [4.69, 9.17) is 9.47 Å². The molecule has 0 aliphatic carbocycles. The number of rotatable bonds is 32. The summed E-state index contributed by atoms with van der Waals surface area (Å²) in [5.74, 6) is -0.0862. The average molecular weight is 711 g/mol. The minimum atomic E-state index is -5.25. The van der Waals surface area contributed by atoms with Gasteiger partial charge in [-0.25, -0.2) is 0 Å². The molecule has 0 aliphatic rings. The maximum absolute atomic E-state index is 12.3. The summed E-state index contributed by atoms with van der Waals surface area (Å²) in [6.45, 7) is 2.81. The maximum Gasteiger partial charge on any atom is 1.00 e. The topological polar surface area (TPSA) is 142 Å². The van der Waals surface area contributed by atoms with Crippen LogP contribution < -0.4 is 68.9 Å². The summed E-state index contributed by atoms with van der Waals surface area (Å²) < 4.78 is 25.7. The number of hydrogen-bond acceptors (Lipinski definition) is 10. The molecule has 0 N–H and O–H groups in total. The van der Waals surface area contributed by atoms with Crippen LogP contribution >= 0.6 is 19.6 Å². The fraction of sp³-hybridized carbons (Fsp3) is 0.909. The van der Waals surface area contributed by atoms with Crippen LogP contribution in [0.3, 0.4) is 0 Å². The predicted molar refractivity (Wildman–Crippen MR) is 174 cm³/mol. The van der Waals surface area contributed by atoms with Gasteiger partial charge in [0, 0.05) is 25.5 Å². The van der Waals surface area contributed by atoms with E-state index in [0.29, 0.717) is 12.8 Å². The standard InChI is InChI=1S/C33H63O9PS.2Na/c1-3-4-5-6-7-8-9-10-11-13-17-20-23-26-33(36)42-31(29-41-43(37,38)39)28-40-32(35)25-22-19-16-14-12-15-18-21-24-27-44-30(2)34;;/h31H,3-29H2,1-2H3,(H2,37,38,39);;/q;2*+1/p-2/t31-;;/m0../s1. The molecule has 0 rings (SSSR count). The van der Waals surface area contributed by atoms with E-state index < -0.39 is 32.5 Å². The van der Waals surface area contributed by atoms with E-state index in [1.54, 1.807) is 6.92 Å². The molecule has 0 aromatic rings. The zero-order valence-electron chi connectivity index (χ0n) is 29.7. The monoisotopic (exact) mass is 710 g/mol. The van der Waals surface area contributed by atoms with E-state index in [9.17, 15) is 28.7 Å². The third-order valence-electron chi connectivity index (χ3n) is 7.46. The molecule has 0 aliphatic heterocycles. The minimum absolute atomic E-state index is 0. The van der Waals surface area contributed by atoms with Gasteiger partial charge in [-0.05, 0) is 19.3 Å². The van der Waals surface area contributed by atoms with Crippen molar-refractivity contribution in [3.8, 4) is 0 Å². The Bertz CT molecular complexity index is 771. The summed E-state index contributed by atoms with van der Waals surface area (Å²) in [6.07, 6.45) is 24.2. The summed E-state index contributed by atoms with van der Waals surface area (Å²) in [7, 11) is -5.25. The summed E-state index contributed by atoms with van der Waals surface area (Å²) in [6, 6.07) is 0. The Morgan fingerprint density at radius 2 is 1.00 bits per heavy atom. The van der Waals surface area contributed by atoms with Gasteiger partial charge in [-0.2, -0.15) is 0 Å². The molecule has 260 valence electrons. The van der Waals surface area contributed by atoms with Crippen molar-refractivity contribution < 1.29 is 102 Å². The number of esters is 2. The van der Waals surface area contributed by atoms with Gasteiger partial charge in [0.05, 0.1) is 14.4 Å². The minimum Gasteiger partial charge on any atom is -0.790 e. The number of ether oxygens (including phenoxy) is 2. The van der Waals surface area contributed by atoms with E-state index in [2.05, 4.69) is 11.4 Å². The first-order valence-electron chi connectivity index (χ1n) is 17.3. The summed E-state index contributed by atoms with van der Waals surface area (Å²) >= 11 is 1.39. The van der Waals surface area contributed by atoms with Crippen molar-refractivity contribution in [2.45, 2.75) is 174 Å². The van der Waals surface area contributed by atoms with Gasteiger partial charge in [0.25, 0.3) is 0 Å². The zero-order chi connectivity index (χ0) is 32.7. The fourth-order valence-corrected chi connectivity index (χ4v) is 5.89. The first kappa shape index (κ1) is 51.4. The maximum atomic E-state index is 12.3. The van der Waals surface area contributed by atoms with Crippen LogP contribution in [-0.2, 0) is 32.9 Å². The Balaban J connectivity index is -0.00000924. The van der Waals surface area contributed by atoms with Crippen LogP contribution in [0.4, 0.5) is 0 Å². The molecule has 0 unspecified atom stereocenters. The summed E-state index contributed by atoms with van der Waals surface area (Å²) in [4.78, 5) is 57.1. The molecule has 0 radical (unpaired) electrons. The van der Waals surface area contributed by atoms with E-state index in [1.165, 1.54) is 82.4 Å². The Morgan fingerprint density at radius 3 is 1.41 bits per heavy atom. The third kappa shape index (κ3) is 41.2. The Morgan fingerprint density at radius 1 is 0.609 bits per heavy atom. The van der Waals surface area contributed by atoms with Gasteiger partial charge in [-0.3, -0.25) is 14.4 Å². The van der Waals surface area contributed by atoms with Gasteiger partial charge in [0.15, 0.2) is 11.2 Å². The molecule has 0 bridgehead atoms. The van der Waals surface area contributed by atoms with E-state index in [0.717, 1.165) is 63.5 Å². The number of phosphoric ester groups is 1. The van der Waals surface area contributed by atoms with Crippen LogP contribution in [0, 0.1) is 0 Å². The van der Waals surface area contributed by atoms with E-state index >= 15 is 0 Å². The quantitative estimate of drug-likeness (QED) is 0.0440. The van der Waals surface area contributed by atoms with Crippen LogP contribution in [0.1, 0.15) is 168 Å². The van der Waals surface area contributed by atoms with Crippen molar-refractivity contribution in [1.82, 2.24) is 0 Å². The Hall–Kier alpha value is 1.07. The molecule has 0 aromatic carbocycles. The number of unbranched alkanes of at least 4 members (excludes halogenated alkanes) is 20. The summed E-state index contributed by atoms with van der Waals surface area (Å²) in [5.41, 5.74) is 0. The van der Waals surface area contributed by atoms with Crippen molar-refractivity contribution in [2.24, 2.45) is 0 Å². The largest absolute Gasteiger partial charge is 1.00 e. The molecule has 46 heavy (non-hydrogen) atoms. The molecular weight excluding hydrogens is 649 g/mol. The smallest absolute Gasteiger partial charge is 0.790 e. The average Bonchev–Trinajstić information content (AvgIpc) is 2.96. The van der Waals surface area contributed by atoms with E-state index in [1.807, 2.05) is 0 Å². The molecule has 9 nitrogen and oxygen atoms in total. The Labute approximate surface area is 328 Å². The van der Waals surface area contributed by atoms with Crippen LogP contribution in [0.5, 0.6) is 0 Å². The number of thioether (sulfide) groups is 1. The fourth-order valence-electron chi connectivity index (χ4n) is 4.91. The molecule has 0 aromatic heterocycles. The molecule has 1 atom stereocenters. The first-order chi connectivity index (χ1) is 21.1. The van der Waals surface area contributed by atoms with Crippen molar-refractivity contribution in [2.75, 3.05) is 19.0 Å². The molecule has 0 saturated carbocycles. The van der Waals surface area contributed by atoms with Gasteiger partial charge < -0.3 is 28.3 Å². The van der Waals surface area contributed by atoms with Gasteiger partial charge in [-0.1, -0.05) is 141 Å². The number of carbonyl (C=O) groups is 3. The van der Waals surface area contributed by atoms with Crippen molar-refractivity contribution >= 4 is 36.6 Å². The molecule has 0 heterocycles. The number of hydrogen-bond donors (Lipinski definition) is 0. The molecule has 0 spiro atoms. The van der Waals surface area contributed by atoms with Crippen molar-refractivity contribution in [3.63, 3.8) is 0 Å². The number of carbonyl (C=O) groups excluding carboxylic acids is 3. The predicted octanol–water partition coefficient (Wildman–Crippen LogP) is 1.96.